The minimum absolute atomic E-state index is 0.317. The molecule has 0 radical (unpaired) electrons. The smallest absolute Gasteiger partial charge is 0.134 e. The summed E-state index contributed by atoms with van der Waals surface area (Å²) in [5, 5.41) is 0.347. The molecule has 3 nitrogen and oxygen atoms in total. The van der Waals surface area contributed by atoms with Gasteiger partial charge >= 0.3 is 0 Å². The fraction of sp³-hybridized carbons (Fsp3) is 0.0909. The SMILES string of the molecule is Cc1nc(N)cc(-c2ccc(Cl)cc2F)n1. The monoisotopic (exact) mass is 237 g/mol. The fourth-order valence-electron chi connectivity index (χ4n) is 1.43. The molecule has 0 unspecified atom stereocenters. The van der Waals surface area contributed by atoms with Crippen molar-refractivity contribution in [3.63, 3.8) is 0 Å². The van der Waals surface area contributed by atoms with Crippen molar-refractivity contribution in [1.29, 1.82) is 0 Å². The van der Waals surface area contributed by atoms with E-state index in [1.54, 1.807) is 19.1 Å². The Bertz CT molecular complexity index is 522. The summed E-state index contributed by atoms with van der Waals surface area (Å²) >= 11 is 5.67. The molecule has 0 amide bonds. The molecule has 2 aromatic rings. The van der Waals surface area contributed by atoms with Gasteiger partial charge in [-0.2, -0.15) is 0 Å². The van der Waals surface area contributed by atoms with E-state index in [-0.39, 0.29) is 0 Å². The van der Waals surface area contributed by atoms with Crippen LogP contribution in [0.5, 0.6) is 0 Å². The van der Waals surface area contributed by atoms with Crippen LogP contribution < -0.4 is 5.73 Å². The number of nitrogens with zero attached hydrogens (tertiary/aromatic N) is 2. The summed E-state index contributed by atoms with van der Waals surface area (Å²) in [5.41, 5.74) is 6.40. The summed E-state index contributed by atoms with van der Waals surface area (Å²) in [6, 6.07) is 5.94. The van der Waals surface area contributed by atoms with Crippen LogP contribution in [-0.4, -0.2) is 9.97 Å². The zero-order valence-corrected chi connectivity index (χ0v) is 9.29. The molecule has 2 N–H and O–H groups in total. The number of halogens is 2. The van der Waals surface area contributed by atoms with Gasteiger partial charge in [-0.15, -0.1) is 0 Å². The van der Waals surface area contributed by atoms with E-state index in [9.17, 15) is 4.39 Å². The lowest BCUT2D eigenvalue weighted by molar-refractivity contribution is 0.630. The molecule has 82 valence electrons. The van der Waals surface area contributed by atoms with Crippen molar-refractivity contribution in [2.24, 2.45) is 0 Å². The molecule has 1 heterocycles. The highest BCUT2D eigenvalue weighted by atomic mass is 35.5. The Kier molecular flexibility index (Phi) is 2.75. The second-order valence-electron chi connectivity index (χ2n) is 3.35. The van der Waals surface area contributed by atoms with E-state index in [4.69, 9.17) is 17.3 Å². The molecule has 0 aliphatic carbocycles. The highest BCUT2D eigenvalue weighted by Gasteiger charge is 2.08. The Labute approximate surface area is 97.1 Å². The number of benzene rings is 1. The molecular formula is C11H9ClFN3. The molecule has 1 aromatic heterocycles. The van der Waals surface area contributed by atoms with Crippen LogP contribution in [0.3, 0.4) is 0 Å². The molecule has 0 saturated heterocycles. The summed E-state index contributed by atoms with van der Waals surface area (Å²) in [4.78, 5) is 8.05. The molecule has 0 aliphatic rings. The van der Waals surface area contributed by atoms with Gasteiger partial charge in [0, 0.05) is 16.7 Å². The van der Waals surface area contributed by atoms with Crippen molar-refractivity contribution in [2.75, 3.05) is 5.73 Å². The lowest BCUT2D eigenvalue weighted by atomic mass is 10.1. The summed E-state index contributed by atoms with van der Waals surface area (Å²) in [6.45, 7) is 1.70. The third kappa shape index (κ3) is 2.12. The molecule has 0 atom stereocenters. The second-order valence-corrected chi connectivity index (χ2v) is 3.79. The standard InChI is InChI=1S/C11H9ClFN3/c1-6-15-10(5-11(14)16-6)8-3-2-7(12)4-9(8)13/h2-5H,1H3,(H2,14,15,16). The zero-order valence-electron chi connectivity index (χ0n) is 8.54. The van der Waals surface area contributed by atoms with Crippen LogP contribution in [-0.2, 0) is 0 Å². The van der Waals surface area contributed by atoms with Crippen LogP contribution in [0, 0.1) is 12.7 Å². The van der Waals surface area contributed by atoms with Gasteiger partial charge in [0.05, 0.1) is 5.69 Å². The molecule has 0 fully saturated rings. The Morgan fingerprint density at radius 1 is 1.25 bits per heavy atom. The van der Waals surface area contributed by atoms with Gasteiger partial charge in [-0.1, -0.05) is 11.6 Å². The Balaban J connectivity index is 2.58. The van der Waals surface area contributed by atoms with Gasteiger partial charge in [-0.25, -0.2) is 14.4 Å². The lowest BCUT2D eigenvalue weighted by Gasteiger charge is -2.04. The van der Waals surface area contributed by atoms with Gasteiger partial charge < -0.3 is 5.73 Å². The van der Waals surface area contributed by atoms with Gasteiger partial charge in [0.15, 0.2) is 0 Å². The summed E-state index contributed by atoms with van der Waals surface area (Å²) < 4.78 is 13.6. The first-order valence-corrected chi connectivity index (χ1v) is 5.00. The Hall–Kier alpha value is -1.68. The quantitative estimate of drug-likeness (QED) is 0.830. The van der Waals surface area contributed by atoms with Crippen LogP contribution >= 0.6 is 11.6 Å². The average Bonchev–Trinajstić information content (AvgIpc) is 2.15. The predicted octanol–water partition coefficient (Wildman–Crippen LogP) is 2.83. The van der Waals surface area contributed by atoms with Crippen molar-refractivity contribution < 1.29 is 4.39 Å². The van der Waals surface area contributed by atoms with Crippen LogP contribution in [0.1, 0.15) is 5.82 Å². The van der Waals surface area contributed by atoms with Crippen LogP contribution in [0.25, 0.3) is 11.3 Å². The van der Waals surface area contributed by atoms with E-state index in [1.807, 2.05) is 0 Å². The van der Waals surface area contributed by atoms with Gasteiger partial charge in [0.2, 0.25) is 0 Å². The Morgan fingerprint density at radius 3 is 2.62 bits per heavy atom. The first-order valence-electron chi connectivity index (χ1n) is 4.63. The predicted molar refractivity (Wildman–Crippen MR) is 61.6 cm³/mol. The van der Waals surface area contributed by atoms with Crippen LogP contribution in [0.2, 0.25) is 5.02 Å². The largest absolute Gasteiger partial charge is 0.384 e. The van der Waals surface area contributed by atoms with Gasteiger partial charge in [0.25, 0.3) is 0 Å². The molecule has 5 heteroatoms. The van der Waals surface area contributed by atoms with Crippen molar-refractivity contribution in [3.05, 3.63) is 40.9 Å². The van der Waals surface area contributed by atoms with E-state index in [2.05, 4.69) is 9.97 Å². The van der Waals surface area contributed by atoms with Crippen molar-refractivity contribution >= 4 is 17.4 Å². The lowest BCUT2D eigenvalue weighted by Crippen LogP contribution is -1.98. The molecule has 0 spiro atoms. The zero-order chi connectivity index (χ0) is 11.7. The van der Waals surface area contributed by atoms with E-state index in [0.29, 0.717) is 27.9 Å². The van der Waals surface area contributed by atoms with Crippen LogP contribution in [0.4, 0.5) is 10.2 Å². The van der Waals surface area contributed by atoms with Gasteiger partial charge in [-0.3, -0.25) is 0 Å². The minimum Gasteiger partial charge on any atom is -0.384 e. The van der Waals surface area contributed by atoms with Crippen molar-refractivity contribution in [2.45, 2.75) is 6.92 Å². The number of nitrogen functional groups attached to an aromatic ring is 1. The van der Waals surface area contributed by atoms with Crippen LogP contribution in [0.15, 0.2) is 24.3 Å². The van der Waals surface area contributed by atoms with E-state index >= 15 is 0 Å². The normalized spacial score (nSPS) is 10.4. The molecular weight excluding hydrogens is 229 g/mol. The average molecular weight is 238 g/mol. The summed E-state index contributed by atoms with van der Waals surface area (Å²) in [5.74, 6) is 0.395. The summed E-state index contributed by atoms with van der Waals surface area (Å²) in [6.07, 6.45) is 0. The maximum atomic E-state index is 13.6. The van der Waals surface area contributed by atoms with E-state index in [0.717, 1.165) is 0 Å². The molecule has 0 saturated carbocycles. The topological polar surface area (TPSA) is 51.8 Å². The number of hydrogen-bond donors (Lipinski definition) is 1. The number of nitrogens with two attached hydrogens (primary N) is 1. The van der Waals surface area contributed by atoms with Gasteiger partial charge in [0.1, 0.15) is 17.5 Å². The van der Waals surface area contributed by atoms with Gasteiger partial charge in [-0.05, 0) is 25.1 Å². The van der Waals surface area contributed by atoms with E-state index < -0.39 is 5.82 Å². The highest BCUT2D eigenvalue weighted by molar-refractivity contribution is 6.30. The summed E-state index contributed by atoms with van der Waals surface area (Å²) in [7, 11) is 0. The highest BCUT2D eigenvalue weighted by Crippen LogP contribution is 2.24. The maximum Gasteiger partial charge on any atom is 0.134 e. The van der Waals surface area contributed by atoms with Crippen molar-refractivity contribution in [1.82, 2.24) is 9.97 Å². The molecule has 2 rings (SSSR count). The third-order valence-electron chi connectivity index (χ3n) is 2.06. The number of hydrogen-bond acceptors (Lipinski definition) is 3. The number of anilines is 1. The first kappa shape index (κ1) is 10.8. The molecule has 16 heavy (non-hydrogen) atoms. The number of aromatic nitrogens is 2. The molecule has 0 bridgehead atoms. The fourth-order valence-corrected chi connectivity index (χ4v) is 1.58. The number of rotatable bonds is 1. The maximum absolute atomic E-state index is 13.6. The first-order chi connectivity index (χ1) is 7.56. The molecule has 1 aromatic carbocycles. The third-order valence-corrected chi connectivity index (χ3v) is 2.30. The van der Waals surface area contributed by atoms with E-state index in [1.165, 1.54) is 12.1 Å². The second kappa shape index (κ2) is 4.06. The minimum atomic E-state index is -0.426. The Morgan fingerprint density at radius 2 is 2.00 bits per heavy atom. The molecule has 0 aliphatic heterocycles. The number of aryl methyl sites for hydroxylation is 1. The van der Waals surface area contributed by atoms with Crippen molar-refractivity contribution in [3.8, 4) is 11.3 Å².